The zero-order chi connectivity index (χ0) is 53.4. The third kappa shape index (κ3) is 12.5. The van der Waals surface area contributed by atoms with Gasteiger partial charge in [0.2, 0.25) is 40.2 Å². The van der Waals surface area contributed by atoms with Gasteiger partial charge in [0.1, 0.15) is 48.2 Å². The van der Waals surface area contributed by atoms with Crippen LogP contribution < -0.4 is 32.7 Å². The van der Waals surface area contributed by atoms with E-state index in [-0.39, 0.29) is 52.3 Å². The number of aromatic hydroxyl groups is 1. The van der Waals surface area contributed by atoms with E-state index in [0.29, 0.717) is 6.07 Å². The molecule has 0 atom stereocenters. The number of nitrogens with one attached hydrogen (secondary N) is 2. The van der Waals surface area contributed by atoms with Crippen LogP contribution in [0.5, 0.6) is 5.75 Å². The summed E-state index contributed by atoms with van der Waals surface area (Å²) in [4.78, 5) is 43.2. The molecule has 0 saturated carbocycles. The maximum Gasteiger partial charge on any atom is 0.296 e. The van der Waals surface area contributed by atoms with E-state index in [4.69, 9.17) is 40.4 Å². The lowest BCUT2D eigenvalue weighted by Gasteiger charge is -2.19. The van der Waals surface area contributed by atoms with Crippen LogP contribution in [0.1, 0.15) is 18.3 Å². The van der Waals surface area contributed by atoms with Crippen LogP contribution >= 0.6 is 23.2 Å². The second-order valence-electron chi connectivity index (χ2n) is 14.4. The molecule has 0 radical (unpaired) electrons. The van der Waals surface area contributed by atoms with Crippen molar-refractivity contribution in [2.45, 2.75) is 39.9 Å². The van der Waals surface area contributed by atoms with Crippen molar-refractivity contribution >= 4 is 144 Å². The number of phenolic OH excluding ortho intramolecular Hbond substituents is 1. The van der Waals surface area contributed by atoms with Gasteiger partial charge >= 0.3 is 0 Å². The van der Waals surface area contributed by atoms with E-state index in [2.05, 4.69) is 61.0 Å². The van der Waals surface area contributed by atoms with Crippen LogP contribution in [0.4, 0.5) is 57.7 Å². The summed E-state index contributed by atoms with van der Waals surface area (Å²) < 4.78 is 141. The van der Waals surface area contributed by atoms with Crippen molar-refractivity contribution in [1.82, 2.24) is 29.9 Å². The lowest BCUT2D eigenvalue weighted by atomic mass is 10.1. The summed E-state index contributed by atoms with van der Waals surface area (Å²) in [6.07, 6.45) is -0.429. The molecule has 37 heteroatoms. The third-order valence-corrected chi connectivity index (χ3v) is 13.2. The Balaban J connectivity index is 1.49. The third-order valence-electron chi connectivity index (χ3n) is 9.32. The molecule has 2 aromatic heterocycles. The number of carbonyl (C=O) groups is 2. The highest BCUT2D eigenvalue weighted by molar-refractivity contribution is 7.87. The van der Waals surface area contributed by atoms with E-state index in [1.54, 1.807) is 6.92 Å². The first-order valence-electron chi connectivity index (χ1n) is 19.2. The molecule has 6 rings (SSSR count). The molecule has 6 aromatic rings. The molecule has 0 unspecified atom stereocenters. The molecule has 4 aromatic carbocycles. The molecule has 2 amide bonds. The number of hydrogen-bond donors (Lipinski definition) is 10. The van der Waals surface area contributed by atoms with Crippen LogP contribution in [-0.2, 0) is 56.5 Å². The monoisotopic (exact) mass is 1110 g/mol. The van der Waals surface area contributed by atoms with Gasteiger partial charge in [0.05, 0.1) is 29.7 Å². The highest BCUT2D eigenvalue weighted by Crippen LogP contribution is 2.46. The smallest absolute Gasteiger partial charge is 0.296 e. The Hall–Kier alpha value is -7.48. The van der Waals surface area contributed by atoms with E-state index < -0.39 is 141 Å². The van der Waals surface area contributed by atoms with Crippen LogP contribution in [0.2, 0.25) is 10.6 Å². The van der Waals surface area contributed by atoms with E-state index in [1.165, 1.54) is 11.8 Å². The molecular formula is C35H32Cl2N16O15S4. The maximum absolute atomic E-state index is 12.7. The Morgan fingerprint density at radius 3 is 1.75 bits per heavy atom. The van der Waals surface area contributed by atoms with Crippen molar-refractivity contribution in [3.8, 4) is 5.75 Å². The fourth-order valence-corrected chi connectivity index (χ4v) is 9.31. The molecule has 13 N–H and O–H groups in total. The highest BCUT2D eigenvalue weighted by atomic mass is 35.5. The molecular weight excluding hydrogens is 1080 g/mol. The summed E-state index contributed by atoms with van der Waals surface area (Å²) in [5.41, 5.74) is 12.3. The number of amides is 2. The number of anilines is 6. The Bertz CT molecular complexity index is 3800. The molecule has 2 heterocycles. The average Bonchev–Trinajstić information content (AvgIpc) is 3.23. The maximum atomic E-state index is 12.7. The Labute approximate surface area is 414 Å². The number of phenols is 1. The van der Waals surface area contributed by atoms with Crippen LogP contribution in [-0.4, -0.2) is 112 Å². The predicted molar refractivity (Wildman–Crippen MR) is 251 cm³/mol. The van der Waals surface area contributed by atoms with Gasteiger partial charge in [-0.3, -0.25) is 27.8 Å². The zero-order valence-corrected chi connectivity index (χ0v) is 40.8. The molecule has 0 saturated heterocycles. The number of nitrogens with zero attached hydrogens (tertiary/aromatic N) is 11. The summed E-state index contributed by atoms with van der Waals surface area (Å²) in [5, 5.41) is 30.1. The number of halogens is 2. The number of likely N-dealkylation sites (N-methyl/N-ethyl adjacent to an activating group) is 1. The van der Waals surface area contributed by atoms with Crippen LogP contribution in [0.15, 0.2) is 82.5 Å². The summed E-state index contributed by atoms with van der Waals surface area (Å²) >= 11 is 12.0. The number of benzene rings is 4. The van der Waals surface area contributed by atoms with Gasteiger partial charge in [-0.05, 0) is 84.4 Å². The summed E-state index contributed by atoms with van der Waals surface area (Å²) in [6, 6.07) is 5.65. The first kappa shape index (κ1) is 53.9. The first-order chi connectivity index (χ1) is 33.3. The van der Waals surface area contributed by atoms with E-state index in [1.807, 2.05) is 0 Å². The zero-order valence-electron chi connectivity index (χ0n) is 36.0. The van der Waals surface area contributed by atoms with Crippen molar-refractivity contribution in [2.75, 3.05) is 34.4 Å². The highest BCUT2D eigenvalue weighted by Gasteiger charge is 2.28. The van der Waals surface area contributed by atoms with Gasteiger partial charge in [-0.1, -0.05) is 6.07 Å². The molecule has 31 nitrogen and oxygen atoms in total. The van der Waals surface area contributed by atoms with Gasteiger partial charge in [-0.15, -0.1) is 20.5 Å². The first-order valence-corrected chi connectivity index (χ1v) is 25.7. The number of primary amides is 2. The minimum absolute atomic E-state index is 0.0423. The standard InChI is InChI=1S/C35H32Cl2N16O15S4/c1-3-53(12-25(39)55)35-47-32(37)46-34(48-35)42-17-9-19(22(71(63,64)65)10-21(17)70(60,61)62)51-52-29-23(72(66,67)68)7-14-4-5-15(30(56)27(14)28(29)40)49-50-18-8-16(13(2)6-20(18)69(57,58)59)41-33-44-26(11-24(38)54)43-31(36)45-33/h4-10,56H,3,11-12,40H2,1-2H3,(H2,38,54)(H2,39,55)(H,57,58,59)(H,60,61,62)(H,63,64,65)(H,66,67,68)(H,41,43,44,45)(H,42,46,47,48). The number of carbonyl (C=O) groups excluding carboxylic acids is 2. The number of nitrogens with two attached hydrogens (primary N) is 3. The number of aromatic nitrogens is 6. The van der Waals surface area contributed by atoms with Crippen molar-refractivity contribution < 1.29 is 66.6 Å². The van der Waals surface area contributed by atoms with Crippen LogP contribution in [0.3, 0.4) is 0 Å². The fourth-order valence-electron chi connectivity index (χ4n) is 6.26. The number of azo groups is 2. The number of hydrogen-bond acceptors (Lipinski definition) is 25. The second kappa shape index (κ2) is 20.3. The fraction of sp³-hybridized carbons (Fsp3) is 0.143. The Morgan fingerprint density at radius 1 is 0.653 bits per heavy atom. The topological polar surface area (TPSA) is 504 Å². The van der Waals surface area contributed by atoms with Gasteiger partial charge in [-0.2, -0.15) is 58.6 Å². The largest absolute Gasteiger partial charge is 0.505 e. The number of aryl methyl sites for hydroxylation is 1. The SMILES string of the molecule is CCN(CC(N)=O)c1nc(Cl)nc(Nc2cc(N=Nc3c(S(=O)(=O)O)cc4ccc(N=Nc5cc(Nc6nc(Cl)nc(CC(N)=O)n6)c(C)cc5S(=O)(=O)O)c(O)c4c3N)c(S(=O)(=O)O)cc2S(=O)(=O)O)n1. The Morgan fingerprint density at radius 2 is 1.18 bits per heavy atom. The summed E-state index contributed by atoms with van der Waals surface area (Å²) in [5.74, 6) is -3.76. The van der Waals surface area contributed by atoms with Crippen LogP contribution in [0.25, 0.3) is 10.8 Å². The van der Waals surface area contributed by atoms with Gasteiger partial charge in [0.25, 0.3) is 40.5 Å². The molecule has 72 heavy (non-hydrogen) atoms. The lowest BCUT2D eigenvalue weighted by Crippen LogP contribution is -2.35. The summed E-state index contributed by atoms with van der Waals surface area (Å²) in [6.45, 7) is 2.64. The minimum Gasteiger partial charge on any atom is -0.505 e. The normalized spacial score (nSPS) is 12.4. The number of rotatable bonds is 18. The lowest BCUT2D eigenvalue weighted by molar-refractivity contribution is -0.118. The molecule has 0 bridgehead atoms. The van der Waals surface area contributed by atoms with Crippen molar-refractivity contribution in [2.24, 2.45) is 31.9 Å². The summed E-state index contributed by atoms with van der Waals surface area (Å²) in [7, 11) is -21.4. The van der Waals surface area contributed by atoms with E-state index in [0.717, 1.165) is 30.3 Å². The van der Waals surface area contributed by atoms with Gasteiger partial charge in [-0.25, -0.2) is 4.98 Å². The van der Waals surface area contributed by atoms with Crippen molar-refractivity contribution in [3.63, 3.8) is 0 Å². The molecule has 0 aliphatic carbocycles. The van der Waals surface area contributed by atoms with Crippen molar-refractivity contribution in [1.29, 1.82) is 0 Å². The molecule has 0 fully saturated rings. The van der Waals surface area contributed by atoms with E-state index >= 15 is 0 Å². The van der Waals surface area contributed by atoms with Gasteiger partial charge in [0.15, 0.2) is 5.75 Å². The molecule has 380 valence electrons. The van der Waals surface area contributed by atoms with E-state index in [9.17, 15) is 66.6 Å². The van der Waals surface area contributed by atoms with Crippen LogP contribution in [0, 0.1) is 6.92 Å². The number of fused-ring (bicyclic) bond motifs is 1. The number of nitrogen functional groups attached to an aromatic ring is 1. The predicted octanol–water partition coefficient (Wildman–Crippen LogP) is 3.76. The Kier molecular flexibility index (Phi) is 15.2. The quantitative estimate of drug-likeness (QED) is 0.0333. The van der Waals surface area contributed by atoms with Gasteiger partial charge < -0.3 is 37.8 Å². The molecule has 0 aliphatic rings. The molecule has 0 spiro atoms. The second-order valence-corrected chi connectivity index (χ2v) is 20.6. The average molecular weight is 1120 g/mol. The van der Waals surface area contributed by atoms with Gasteiger partial charge in [0, 0.05) is 12.2 Å². The molecule has 0 aliphatic heterocycles. The minimum atomic E-state index is -5.53. The van der Waals surface area contributed by atoms with Crippen molar-refractivity contribution in [3.05, 3.63) is 64.4 Å².